The zero-order valence-corrected chi connectivity index (χ0v) is 10.5. The number of methoxy groups -OCH3 is 1. The first kappa shape index (κ1) is 13.0. The number of ether oxygens (including phenoxy) is 1. The summed E-state index contributed by atoms with van der Waals surface area (Å²) in [7, 11) is 1.66. The molecule has 2 N–H and O–H groups in total. The van der Waals surface area contributed by atoms with Gasteiger partial charge < -0.3 is 9.84 Å². The molecule has 0 aromatic heterocycles. The standard InChI is InChI=1S/C13H21NO2/c1-13(2,3)11-5-6-12(16-4)10(7-11)8-14-9-15/h5-7,14-15H,8-9H2,1-4H3. The number of hydrogen-bond donors (Lipinski definition) is 2. The Kier molecular flexibility index (Phi) is 4.33. The summed E-state index contributed by atoms with van der Waals surface area (Å²) < 4.78 is 5.29. The third kappa shape index (κ3) is 3.22. The van der Waals surface area contributed by atoms with Gasteiger partial charge in [0.15, 0.2) is 0 Å². The molecule has 0 bridgehead atoms. The number of hydrogen-bond acceptors (Lipinski definition) is 3. The molecule has 1 aromatic rings. The second kappa shape index (κ2) is 5.32. The average Bonchev–Trinajstić information content (AvgIpc) is 2.24. The van der Waals surface area contributed by atoms with Gasteiger partial charge in [-0.25, -0.2) is 0 Å². The van der Waals surface area contributed by atoms with E-state index < -0.39 is 0 Å². The molecule has 16 heavy (non-hydrogen) atoms. The van der Waals surface area contributed by atoms with E-state index in [-0.39, 0.29) is 12.1 Å². The lowest BCUT2D eigenvalue weighted by Crippen LogP contribution is -2.16. The van der Waals surface area contributed by atoms with Crippen LogP contribution >= 0.6 is 0 Å². The van der Waals surface area contributed by atoms with Crippen LogP contribution in [0.2, 0.25) is 0 Å². The molecule has 0 aliphatic carbocycles. The minimum Gasteiger partial charge on any atom is -0.496 e. The fourth-order valence-corrected chi connectivity index (χ4v) is 1.57. The van der Waals surface area contributed by atoms with E-state index in [1.165, 1.54) is 5.56 Å². The predicted octanol–water partition coefficient (Wildman–Crippen LogP) is 2.03. The van der Waals surface area contributed by atoms with Crippen molar-refractivity contribution in [1.29, 1.82) is 0 Å². The molecule has 0 saturated carbocycles. The summed E-state index contributed by atoms with van der Waals surface area (Å²) in [4.78, 5) is 0. The molecule has 0 atom stereocenters. The number of nitrogens with one attached hydrogen (secondary N) is 1. The van der Waals surface area contributed by atoms with E-state index in [1.807, 2.05) is 6.07 Å². The van der Waals surface area contributed by atoms with Gasteiger partial charge in [-0.3, -0.25) is 5.32 Å². The molecule has 0 unspecified atom stereocenters. The van der Waals surface area contributed by atoms with Crippen LogP contribution in [-0.4, -0.2) is 18.9 Å². The topological polar surface area (TPSA) is 41.5 Å². The average molecular weight is 223 g/mol. The summed E-state index contributed by atoms with van der Waals surface area (Å²) >= 11 is 0. The maximum atomic E-state index is 8.77. The van der Waals surface area contributed by atoms with E-state index in [9.17, 15) is 0 Å². The number of aliphatic hydroxyl groups excluding tert-OH is 1. The van der Waals surface area contributed by atoms with E-state index in [4.69, 9.17) is 9.84 Å². The van der Waals surface area contributed by atoms with Gasteiger partial charge in [-0.05, 0) is 17.0 Å². The Morgan fingerprint density at radius 1 is 1.31 bits per heavy atom. The van der Waals surface area contributed by atoms with Crippen LogP contribution in [0.25, 0.3) is 0 Å². The molecule has 90 valence electrons. The molecule has 1 rings (SSSR count). The van der Waals surface area contributed by atoms with Crippen molar-refractivity contribution in [3.8, 4) is 5.75 Å². The lowest BCUT2D eigenvalue weighted by atomic mass is 9.86. The van der Waals surface area contributed by atoms with Crippen molar-refractivity contribution >= 4 is 0 Å². The summed E-state index contributed by atoms with van der Waals surface area (Å²) in [6, 6.07) is 6.19. The highest BCUT2D eigenvalue weighted by atomic mass is 16.5. The van der Waals surface area contributed by atoms with Crippen molar-refractivity contribution in [2.24, 2.45) is 0 Å². The molecule has 0 aliphatic heterocycles. The maximum Gasteiger partial charge on any atom is 0.123 e. The third-order valence-corrected chi connectivity index (χ3v) is 2.57. The normalized spacial score (nSPS) is 11.6. The van der Waals surface area contributed by atoms with E-state index in [0.717, 1.165) is 11.3 Å². The molecule has 1 aromatic carbocycles. The molecule has 3 nitrogen and oxygen atoms in total. The lowest BCUT2D eigenvalue weighted by molar-refractivity contribution is 0.258. The largest absolute Gasteiger partial charge is 0.496 e. The Morgan fingerprint density at radius 2 is 2.00 bits per heavy atom. The van der Waals surface area contributed by atoms with Crippen molar-refractivity contribution < 1.29 is 9.84 Å². The van der Waals surface area contributed by atoms with Crippen LogP contribution in [0.4, 0.5) is 0 Å². The van der Waals surface area contributed by atoms with Crippen molar-refractivity contribution in [2.75, 3.05) is 13.8 Å². The molecule has 0 heterocycles. The summed E-state index contributed by atoms with van der Waals surface area (Å²) in [6.07, 6.45) is 0. The zero-order valence-electron chi connectivity index (χ0n) is 10.5. The Bertz CT molecular complexity index is 342. The quantitative estimate of drug-likeness (QED) is 0.767. The van der Waals surface area contributed by atoms with Gasteiger partial charge >= 0.3 is 0 Å². The van der Waals surface area contributed by atoms with Crippen LogP contribution in [0.15, 0.2) is 18.2 Å². The van der Waals surface area contributed by atoms with E-state index in [2.05, 4.69) is 38.2 Å². The summed E-state index contributed by atoms with van der Waals surface area (Å²) in [5.41, 5.74) is 2.47. The van der Waals surface area contributed by atoms with Crippen LogP contribution in [0.1, 0.15) is 31.9 Å². The highest BCUT2D eigenvalue weighted by molar-refractivity contribution is 5.39. The molecule has 0 saturated heterocycles. The lowest BCUT2D eigenvalue weighted by Gasteiger charge is -2.21. The van der Waals surface area contributed by atoms with Crippen LogP contribution < -0.4 is 10.1 Å². The minimum atomic E-state index is -0.0249. The van der Waals surface area contributed by atoms with Crippen molar-refractivity contribution in [1.82, 2.24) is 5.32 Å². The van der Waals surface area contributed by atoms with Crippen LogP contribution in [-0.2, 0) is 12.0 Å². The van der Waals surface area contributed by atoms with Crippen LogP contribution in [0.3, 0.4) is 0 Å². The molecule has 0 radical (unpaired) electrons. The van der Waals surface area contributed by atoms with E-state index in [1.54, 1.807) is 7.11 Å². The first-order chi connectivity index (χ1) is 7.49. The Morgan fingerprint density at radius 3 is 2.50 bits per heavy atom. The Labute approximate surface area is 97.4 Å². The van der Waals surface area contributed by atoms with Gasteiger partial charge in [0.2, 0.25) is 0 Å². The summed E-state index contributed by atoms with van der Waals surface area (Å²) in [5, 5.41) is 11.7. The molecular formula is C13H21NO2. The Hall–Kier alpha value is -1.06. The highest BCUT2D eigenvalue weighted by Gasteiger charge is 2.15. The molecular weight excluding hydrogens is 202 g/mol. The van der Waals surface area contributed by atoms with E-state index in [0.29, 0.717) is 6.54 Å². The van der Waals surface area contributed by atoms with Gasteiger partial charge in [0, 0.05) is 12.1 Å². The van der Waals surface area contributed by atoms with E-state index >= 15 is 0 Å². The van der Waals surface area contributed by atoms with Gasteiger partial charge in [0.05, 0.1) is 13.8 Å². The monoisotopic (exact) mass is 223 g/mol. The SMILES string of the molecule is COc1ccc(C(C)(C)C)cc1CNCO. The predicted molar refractivity (Wildman–Crippen MR) is 65.6 cm³/mol. The van der Waals surface area contributed by atoms with Crippen molar-refractivity contribution in [3.63, 3.8) is 0 Å². The van der Waals surface area contributed by atoms with Gasteiger partial charge in [-0.2, -0.15) is 0 Å². The van der Waals surface area contributed by atoms with Gasteiger partial charge in [0.25, 0.3) is 0 Å². The number of aliphatic hydroxyl groups is 1. The minimum absolute atomic E-state index is 0.0249. The molecule has 0 spiro atoms. The van der Waals surface area contributed by atoms with Gasteiger partial charge in [-0.1, -0.05) is 32.9 Å². The van der Waals surface area contributed by atoms with Crippen LogP contribution in [0, 0.1) is 0 Å². The molecule has 3 heteroatoms. The van der Waals surface area contributed by atoms with Crippen LogP contribution in [0.5, 0.6) is 5.75 Å². The number of benzene rings is 1. The fraction of sp³-hybridized carbons (Fsp3) is 0.538. The smallest absolute Gasteiger partial charge is 0.123 e. The second-order valence-electron chi connectivity index (χ2n) is 4.86. The first-order valence-electron chi connectivity index (χ1n) is 5.48. The van der Waals surface area contributed by atoms with Gasteiger partial charge in [0.1, 0.15) is 5.75 Å². The maximum absolute atomic E-state index is 8.77. The Balaban J connectivity index is 3.01. The summed E-state index contributed by atoms with van der Waals surface area (Å²) in [6.45, 7) is 7.13. The second-order valence-corrected chi connectivity index (χ2v) is 4.86. The first-order valence-corrected chi connectivity index (χ1v) is 5.48. The molecule has 0 aliphatic rings. The summed E-state index contributed by atoms with van der Waals surface area (Å²) in [5.74, 6) is 0.856. The van der Waals surface area contributed by atoms with Crippen molar-refractivity contribution in [2.45, 2.75) is 32.7 Å². The molecule has 0 amide bonds. The zero-order chi connectivity index (χ0) is 12.2. The third-order valence-electron chi connectivity index (χ3n) is 2.57. The number of rotatable bonds is 4. The molecule has 0 fully saturated rings. The fourth-order valence-electron chi connectivity index (χ4n) is 1.57. The van der Waals surface area contributed by atoms with Crippen molar-refractivity contribution in [3.05, 3.63) is 29.3 Å². The highest BCUT2D eigenvalue weighted by Crippen LogP contribution is 2.27. The van der Waals surface area contributed by atoms with Gasteiger partial charge in [-0.15, -0.1) is 0 Å².